The van der Waals surface area contributed by atoms with Gasteiger partial charge < -0.3 is 9.47 Å². The lowest BCUT2D eigenvalue weighted by Crippen LogP contribution is -2.18. The van der Waals surface area contributed by atoms with E-state index in [0.717, 1.165) is 25.7 Å². The van der Waals surface area contributed by atoms with Crippen LogP contribution in [0, 0.1) is 12.2 Å². The summed E-state index contributed by atoms with van der Waals surface area (Å²) in [5.41, 5.74) is 0. The van der Waals surface area contributed by atoms with E-state index in [1.807, 2.05) is 6.92 Å². The maximum Gasteiger partial charge on any atom is 0.220 e. The van der Waals surface area contributed by atoms with Crippen LogP contribution in [0.3, 0.4) is 0 Å². The molecule has 0 aliphatic carbocycles. The van der Waals surface area contributed by atoms with Gasteiger partial charge in [-0.25, -0.2) is 0 Å². The summed E-state index contributed by atoms with van der Waals surface area (Å²) in [6, 6.07) is 0. The van der Waals surface area contributed by atoms with Crippen molar-refractivity contribution in [1.82, 2.24) is 0 Å². The topological polar surface area (TPSA) is 18.5 Å². The number of hydrogen-bond acceptors (Lipinski definition) is 2. The van der Waals surface area contributed by atoms with E-state index in [-0.39, 0.29) is 0 Å². The zero-order valence-corrected chi connectivity index (χ0v) is 11.7. The molecule has 16 heavy (non-hydrogen) atoms. The Labute approximate surface area is 102 Å². The quantitative estimate of drug-likeness (QED) is 0.547. The Hall–Kier alpha value is -0.0800. The van der Waals surface area contributed by atoms with Crippen LogP contribution in [0.4, 0.5) is 0 Å². The maximum atomic E-state index is 5.77. The zero-order chi connectivity index (χ0) is 12.4. The van der Waals surface area contributed by atoms with E-state index in [2.05, 4.69) is 27.7 Å². The second-order valence-electron chi connectivity index (χ2n) is 4.42. The van der Waals surface area contributed by atoms with Crippen LogP contribution in [0.15, 0.2) is 0 Å². The molecule has 97 valence electrons. The highest BCUT2D eigenvalue weighted by Gasteiger charge is 2.14. The summed E-state index contributed by atoms with van der Waals surface area (Å²) in [4.78, 5) is 0. The molecule has 0 aromatic rings. The Morgan fingerprint density at radius 2 is 1.62 bits per heavy atom. The Kier molecular flexibility index (Phi) is 10.0. The van der Waals surface area contributed by atoms with Gasteiger partial charge in [-0.3, -0.25) is 0 Å². The molecular formula is C14H29O2. The first-order valence-electron chi connectivity index (χ1n) is 6.80. The van der Waals surface area contributed by atoms with Crippen LogP contribution in [-0.2, 0) is 9.47 Å². The normalized spacial score (nSPS) is 13.7. The highest BCUT2D eigenvalue weighted by molar-refractivity contribution is 4.64. The zero-order valence-electron chi connectivity index (χ0n) is 11.7. The lowest BCUT2D eigenvalue weighted by Gasteiger charge is -2.21. The predicted molar refractivity (Wildman–Crippen MR) is 69.0 cm³/mol. The highest BCUT2D eigenvalue weighted by Crippen LogP contribution is 2.17. The summed E-state index contributed by atoms with van der Waals surface area (Å²) >= 11 is 0. The van der Waals surface area contributed by atoms with Gasteiger partial charge in [0.1, 0.15) is 0 Å². The lowest BCUT2D eigenvalue weighted by molar-refractivity contribution is -0.0849. The van der Waals surface area contributed by atoms with Crippen molar-refractivity contribution in [3.63, 3.8) is 0 Å². The summed E-state index contributed by atoms with van der Waals surface area (Å²) in [6.07, 6.45) is 6.75. The van der Waals surface area contributed by atoms with Crippen LogP contribution in [0.2, 0.25) is 0 Å². The van der Waals surface area contributed by atoms with E-state index in [1.165, 1.54) is 19.3 Å². The molecule has 0 aliphatic rings. The van der Waals surface area contributed by atoms with Crippen LogP contribution in [0.5, 0.6) is 0 Å². The van der Waals surface area contributed by atoms with Crippen molar-refractivity contribution in [2.75, 3.05) is 6.61 Å². The third-order valence-electron chi connectivity index (χ3n) is 3.08. The monoisotopic (exact) mass is 229 g/mol. The number of hydrogen-bond donors (Lipinski definition) is 0. The molecule has 2 heteroatoms. The Morgan fingerprint density at radius 1 is 1.00 bits per heavy atom. The van der Waals surface area contributed by atoms with Gasteiger partial charge in [-0.05, 0) is 25.7 Å². The molecule has 0 spiro atoms. The fourth-order valence-electron chi connectivity index (χ4n) is 1.70. The largest absolute Gasteiger partial charge is 0.345 e. The molecule has 1 unspecified atom stereocenters. The minimum Gasteiger partial charge on any atom is -0.345 e. The molecule has 0 saturated carbocycles. The van der Waals surface area contributed by atoms with E-state index in [0.29, 0.717) is 12.0 Å². The van der Waals surface area contributed by atoms with Gasteiger partial charge in [0.15, 0.2) is 0 Å². The molecule has 0 aromatic heterocycles. The summed E-state index contributed by atoms with van der Waals surface area (Å²) < 4.78 is 11.4. The Balaban J connectivity index is 3.74. The molecule has 1 atom stereocenters. The molecular weight excluding hydrogens is 200 g/mol. The van der Waals surface area contributed by atoms with Gasteiger partial charge in [0.2, 0.25) is 6.29 Å². The second-order valence-corrected chi connectivity index (χ2v) is 4.42. The van der Waals surface area contributed by atoms with Crippen LogP contribution >= 0.6 is 0 Å². The Bertz CT molecular complexity index is 144. The second kappa shape index (κ2) is 10.1. The molecule has 0 heterocycles. The molecule has 0 amide bonds. The van der Waals surface area contributed by atoms with E-state index in [4.69, 9.17) is 9.47 Å². The van der Waals surface area contributed by atoms with Gasteiger partial charge in [0.25, 0.3) is 0 Å². The molecule has 0 saturated heterocycles. The van der Waals surface area contributed by atoms with Crippen molar-refractivity contribution in [2.24, 2.45) is 5.92 Å². The van der Waals surface area contributed by atoms with Crippen molar-refractivity contribution in [3.8, 4) is 0 Å². The molecule has 1 radical (unpaired) electrons. The third kappa shape index (κ3) is 7.24. The van der Waals surface area contributed by atoms with Crippen molar-refractivity contribution >= 4 is 0 Å². The summed E-state index contributed by atoms with van der Waals surface area (Å²) in [5, 5.41) is 0. The van der Waals surface area contributed by atoms with Crippen molar-refractivity contribution < 1.29 is 9.47 Å². The average molecular weight is 229 g/mol. The van der Waals surface area contributed by atoms with Crippen LogP contribution < -0.4 is 0 Å². The van der Waals surface area contributed by atoms with Gasteiger partial charge in [-0.2, -0.15) is 0 Å². The van der Waals surface area contributed by atoms with Crippen LogP contribution in [-0.4, -0.2) is 12.7 Å². The first kappa shape index (κ1) is 15.9. The van der Waals surface area contributed by atoms with E-state index >= 15 is 0 Å². The number of rotatable bonds is 10. The standard InChI is InChI=1S/C14H29O2/c1-6-10-14(9-4)16-12(5)15-11-13(7-2)8-3/h13-14H,6-11H2,1-5H3. The van der Waals surface area contributed by atoms with Crippen molar-refractivity contribution in [3.05, 3.63) is 6.29 Å². The van der Waals surface area contributed by atoms with Crippen LogP contribution in [0.25, 0.3) is 0 Å². The fourth-order valence-corrected chi connectivity index (χ4v) is 1.70. The first-order chi connectivity index (χ1) is 7.67. The van der Waals surface area contributed by atoms with Gasteiger partial charge in [0, 0.05) is 0 Å². The SMILES string of the molecule is CCCC(CC)O[C](C)OCC(CC)CC. The molecule has 0 bridgehead atoms. The summed E-state index contributed by atoms with van der Waals surface area (Å²) in [5.74, 6) is 0.657. The van der Waals surface area contributed by atoms with Crippen molar-refractivity contribution in [1.29, 1.82) is 0 Å². The van der Waals surface area contributed by atoms with Crippen molar-refractivity contribution in [2.45, 2.75) is 72.8 Å². The molecule has 0 aliphatic heterocycles. The van der Waals surface area contributed by atoms with Crippen LogP contribution in [0.1, 0.15) is 66.7 Å². The van der Waals surface area contributed by atoms with Gasteiger partial charge in [-0.1, -0.05) is 47.0 Å². The molecule has 2 nitrogen and oxygen atoms in total. The molecule has 0 rings (SSSR count). The maximum absolute atomic E-state index is 5.77. The van der Waals surface area contributed by atoms with E-state index in [9.17, 15) is 0 Å². The predicted octanol–water partition coefficient (Wildman–Crippen LogP) is 4.54. The molecule has 0 fully saturated rings. The Morgan fingerprint density at radius 3 is 2.06 bits per heavy atom. The summed E-state index contributed by atoms with van der Waals surface area (Å²) in [6.45, 7) is 11.5. The van der Waals surface area contributed by atoms with Gasteiger partial charge in [-0.15, -0.1) is 0 Å². The smallest absolute Gasteiger partial charge is 0.220 e. The van der Waals surface area contributed by atoms with E-state index in [1.54, 1.807) is 0 Å². The molecule has 0 N–H and O–H groups in total. The number of ether oxygens (including phenoxy) is 2. The van der Waals surface area contributed by atoms with E-state index < -0.39 is 0 Å². The van der Waals surface area contributed by atoms with Gasteiger partial charge in [0.05, 0.1) is 12.7 Å². The third-order valence-corrected chi connectivity index (χ3v) is 3.08. The summed E-state index contributed by atoms with van der Waals surface area (Å²) in [7, 11) is 0. The fraction of sp³-hybridized carbons (Fsp3) is 0.929. The first-order valence-corrected chi connectivity index (χ1v) is 6.80. The highest BCUT2D eigenvalue weighted by atomic mass is 16.7. The minimum atomic E-state index is 0.326. The average Bonchev–Trinajstić information content (AvgIpc) is 2.29. The van der Waals surface area contributed by atoms with Gasteiger partial charge >= 0.3 is 0 Å². The molecule has 0 aromatic carbocycles. The minimum absolute atomic E-state index is 0.326. The lowest BCUT2D eigenvalue weighted by atomic mass is 10.1.